The van der Waals surface area contributed by atoms with Crippen LogP contribution in [0.2, 0.25) is 0 Å². The Morgan fingerprint density at radius 2 is 1.88 bits per heavy atom. The van der Waals surface area contributed by atoms with Gasteiger partial charge in [-0.15, -0.1) is 0 Å². The fourth-order valence-corrected chi connectivity index (χ4v) is 4.05. The lowest BCUT2D eigenvalue weighted by Crippen LogP contribution is -2.59. The molecular formula is C20H23FN8O2S. The highest BCUT2D eigenvalue weighted by Gasteiger charge is 2.30. The fourth-order valence-electron chi connectivity index (χ4n) is 3.29. The number of aromatic nitrogens is 4. The van der Waals surface area contributed by atoms with Crippen molar-refractivity contribution in [1.29, 1.82) is 0 Å². The number of sulfonamides is 1. The van der Waals surface area contributed by atoms with E-state index in [4.69, 9.17) is 0 Å². The Balaban J connectivity index is 1.55. The van der Waals surface area contributed by atoms with Crippen LogP contribution in [0.1, 0.15) is 18.5 Å². The first-order valence-corrected chi connectivity index (χ1v) is 11.8. The smallest absolute Gasteiger partial charge is 0.227 e. The Morgan fingerprint density at radius 1 is 1.12 bits per heavy atom. The predicted molar refractivity (Wildman–Crippen MR) is 120 cm³/mol. The summed E-state index contributed by atoms with van der Waals surface area (Å²) in [5.41, 5.74) is 0.880. The largest absolute Gasteiger partial charge is 0.353 e. The third-order valence-corrected chi connectivity index (χ3v) is 5.60. The van der Waals surface area contributed by atoms with Gasteiger partial charge in [0.05, 0.1) is 24.5 Å². The Bertz CT molecular complexity index is 1170. The average Bonchev–Trinajstić information content (AvgIpc) is 2.70. The molecule has 168 valence electrons. The molecule has 1 unspecified atom stereocenters. The molecule has 0 amide bonds. The molecule has 3 heterocycles. The second kappa shape index (κ2) is 9.01. The number of anilines is 4. The summed E-state index contributed by atoms with van der Waals surface area (Å²) in [6.45, 7) is 2.90. The highest BCUT2D eigenvalue weighted by molar-refractivity contribution is 7.88. The molecule has 3 aromatic rings. The molecule has 0 spiro atoms. The van der Waals surface area contributed by atoms with Crippen molar-refractivity contribution >= 4 is 33.4 Å². The molecule has 1 aromatic carbocycles. The van der Waals surface area contributed by atoms with E-state index >= 15 is 0 Å². The molecule has 10 nitrogen and oxygen atoms in total. The van der Waals surface area contributed by atoms with Gasteiger partial charge in [0.25, 0.3) is 0 Å². The number of halogens is 1. The maximum Gasteiger partial charge on any atom is 0.227 e. The normalized spacial score (nSPS) is 15.2. The van der Waals surface area contributed by atoms with Gasteiger partial charge in [-0.25, -0.2) is 22.5 Å². The predicted octanol–water partition coefficient (Wildman–Crippen LogP) is 2.06. The number of rotatable bonds is 8. The molecule has 0 bridgehead atoms. The van der Waals surface area contributed by atoms with Crippen LogP contribution in [0.25, 0.3) is 0 Å². The second-order valence-corrected chi connectivity index (χ2v) is 9.34. The average molecular weight is 459 g/mol. The molecule has 3 N–H and O–H groups in total. The van der Waals surface area contributed by atoms with Crippen LogP contribution >= 0.6 is 0 Å². The molecule has 1 fully saturated rings. The van der Waals surface area contributed by atoms with E-state index in [-0.39, 0.29) is 17.9 Å². The van der Waals surface area contributed by atoms with Crippen LogP contribution in [-0.2, 0) is 10.0 Å². The summed E-state index contributed by atoms with van der Waals surface area (Å²) in [5.74, 6) is 1.72. The Labute approximate surface area is 185 Å². The highest BCUT2D eigenvalue weighted by Crippen LogP contribution is 2.26. The van der Waals surface area contributed by atoms with Crippen molar-refractivity contribution in [2.75, 3.05) is 34.9 Å². The molecule has 4 rings (SSSR count). The van der Waals surface area contributed by atoms with Crippen molar-refractivity contribution < 1.29 is 12.8 Å². The van der Waals surface area contributed by atoms with Gasteiger partial charge in [0, 0.05) is 31.5 Å². The summed E-state index contributed by atoms with van der Waals surface area (Å²) in [6, 6.07) is 7.62. The Kier molecular flexibility index (Phi) is 6.15. The summed E-state index contributed by atoms with van der Waals surface area (Å²) in [7, 11) is -3.27. The molecule has 1 aliphatic rings. The molecule has 0 radical (unpaired) electrons. The quantitative estimate of drug-likeness (QED) is 0.465. The molecule has 0 saturated carbocycles. The summed E-state index contributed by atoms with van der Waals surface area (Å²) in [6.07, 6.45) is 5.86. The number of hydrogen-bond acceptors (Lipinski definition) is 9. The summed E-state index contributed by atoms with van der Waals surface area (Å²) in [5, 5.41) is 6.34. The van der Waals surface area contributed by atoms with E-state index in [0.29, 0.717) is 36.5 Å². The van der Waals surface area contributed by atoms with E-state index in [2.05, 4.69) is 35.3 Å². The van der Waals surface area contributed by atoms with Gasteiger partial charge in [-0.1, -0.05) is 12.1 Å². The lowest BCUT2D eigenvalue weighted by atomic mass is 10.1. The monoisotopic (exact) mass is 458 g/mol. The number of nitrogens with zero attached hydrogens (tertiary/aromatic N) is 5. The van der Waals surface area contributed by atoms with E-state index in [1.54, 1.807) is 36.8 Å². The fraction of sp³-hybridized carbons (Fsp3) is 0.300. The van der Waals surface area contributed by atoms with E-state index in [1.165, 1.54) is 12.1 Å². The molecule has 1 saturated heterocycles. The van der Waals surface area contributed by atoms with Crippen LogP contribution in [0.4, 0.5) is 27.8 Å². The van der Waals surface area contributed by atoms with Crippen LogP contribution in [-0.4, -0.2) is 53.7 Å². The van der Waals surface area contributed by atoms with E-state index in [9.17, 15) is 12.8 Å². The zero-order valence-corrected chi connectivity index (χ0v) is 18.3. The standard InChI is InChI=1S/C20H23FN8O2S/c1-13(14-3-5-15(21)6-4-14)24-20-26-17(25-18-10-22-7-8-23-18)9-19(27-20)29-11-16(12-29)28-32(2,30)31/h3-10,13,16,28H,11-12H2,1-2H3,(H2,23,24,25,26,27). The minimum Gasteiger partial charge on any atom is -0.353 e. The van der Waals surface area contributed by atoms with Crippen LogP contribution in [0.5, 0.6) is 0 Å². The SMILES string of the molecule is CC(Nc1nc(Nc2cnccn2)cc(N2CC(NS(C)(=O)=O)C2)n1)c1ccc(F)cc1. The van der Waals surface area contributed by atoms with Crippen LogP contribution in [0.3, 0.4) is 0 Å². The molecular weight excluding hydrogens is 435 g/mol. The maximum absolute atomic E-state index is 13.2. The summed E-state index contributed by atoms with van der Waals surface area (Å²) >= 11 is 0. The zero-order valence-electron chi connectivity index (χ0n) is 17.5. The molecule has 12 heteroatoms. The van der Waals surface area contributed by atoms with Gasteiger partial charge in [0.2, 0.25) is 16.0 Å². The summed E-state index contributed by atoms with van der Waals surface area (Å²) in [4.78, 5) is 19.3. The highest BCUT2D eigenvalue weighted by atomic mass is 32.2. The molecule has 1 atom stereocenters. The lowest BCUT2D eigenvalue weighted by molar-refractivity contribution is 0.468. The van der Waals surface area contributed by atoms with Crippen LogP contribution < -0.4 is 20.3 Å². The van der Waals surface area contributed by atoms with Crippen molar-refractivity contribution in [3.8, 4) is 0 Å². The lowest BCUT2D eigenvalue weighted by Gasteiger charge is -2.40. The van der Waals surface area contributed by atoms with Crippen molar-refractivity contribution in [1.82, 2.24) is 24.7 Å². The maximum atomic E-state index is 13.2. The third-order valence-electron chi connectivity index (χ3n) is 4.83. The van der Waals surface area contributed by atoms with Crippen molar-refractivity contribution in [2.24, 2.45) is 0 Å². The number of benzene rings is 1. The van der Waals surface area contributed by atoms with Gasteiger partial charge in [-0.3, -0.25) is 4.98 Å². The first-order valence-electron chi connectivity index (χ1n) is 9.91. The zero-order chi connectivity index (χ0) is 22.7. The van der Waals surface area contributed by atoms with Gasteiger partial charge < -0.3 is 15.5 Å². The van der Waals surface area contributed by atoms with Gasteiger partial charge in [-0.2, -0.15) is 9.97 Å². The summed E-state index contributed by atoms with van der Waals surface area (Å²) < 4.78 is 38.7. The van der Waals surface area contributed by atoms with Gasteiger partial charge >= 0.3 is 0 Å². The minimum absolute atomic E-state index is 0.175. The topological polar surface area (TPSA) is 125 Å². The molecule has 0 aliphatic carbocycles. The van der Waals surface area contributed by atoms with Crippen molar-refractivity contribution in [3.63, 3.8) is 0 Å². The van der Waals surface area contributed by atoms with Gasteiger partial charge in [0.15, 0.2) is 0 Å². The molecule has 1 aliphatic heterocycles. The minimum atomic E-state index is -3.27. The Morgan fingerprint density at radius 3 is 2.53 bits per heavy atom. The van der Waals surface area contributed by atoms with E-state index in [0.717, 1.165) is 11.8 Å². The van der Waals surface area contributed by atoms with Crippen molar-refractivity contribution in [3.05, 3.63) is 60.3 Å². The first-order chi connectivity index (χ1) is 15.2. The van der Waals surface area contributed by atoms with Gasteiger partial charge in [0.1, 0.15) is 23.3 Å². The van der Waals surface area contributed by atoms with Crippen molar-refractivity contribution in [2.45, 2.75) is 19.0 Å². The second-order valence-electron chi connectivity index (χ2n) is 7.56. The van der Waals surface area contributed by atoms with Crippen LogP contribution in [0.15, 0.2) is 48.9 Å². The van der Waals surface area contributed by atoms with Crippen LogP contribution in [0, 0.1) is 5.82 Å². The first kappa shape index (κ1) is 21.8. The molecule has 2 aromatic heterocycles. The van der Waals surface area contributed by atoms with E-state index in [1.807, 2.05) is 11.8 Å². The van der Waals surface area contributed by atoms with Gasteiger partial charge in [-0.05, 0) is 24.6 Å². The third kappa shape index (κ3) is 5.65. The Hall–Kier alpha value is -3.38. The van der Waals surface area contributed by atoms with E-state index < -0.39 is 10.0 Å². The number of nitrogens with one attached hydrogen (secondary N) is 3. The molecule has 32 heavy (non-hydrogen) atoms. The number of hydrogen-bond donors (Lipinski definition) is 3.